The van der Waals surface area contributed by atoms with Crippen LogP contribution in [0.15, 0.2) is 42.9 Å². The van der Waals surface area contributed by atoms with E-state index in [0.717, 1.165) is 11.3 Å². The summed E-state index contributed by atoms with van der Waals surface area (Å²) < 4.78 is 7.53. The molecule has 0 aliphatic rings. The Morgan fingerprint density at radius 1 is 1.46 bits per heavy atom. The minimum Gasteiger partial charge on any atom is -0.487 e. The second kappa shape index (κ2) is 7.06. The van der Waals surface area contributed by atoms with E-state index in [1.807, 2.05) is 43.6 Å². The quantitative estimate of drug-likeness (QED) is 0.660. The molecule has 2 heterocycles. The summed E-state index contributed by atoms with van der Waals surface area (Å²) in [6.07, 6.45) is 5.15. The first-order chi connectivity index (χ1) is 11.8. The van der Waals surface area contributed by atoms with E-state index in [1.165, 1.54) is 6.20 Å². The Hall–Kier alpha value is -3.67. The Kier molecular flexibility index (Phi) is 4.48. The minimum atomic E-state index is 0.221. The topological polar surface area (TPSA) is 117 Å². The molecular weight excluding hydrogens is 308 g/mol. The second-order valence-electron chi connectivity index (χ2n) is 4.86. The van der Waals surface area contributed by atoms with E-state index in [2.05, 4.69) is 31.0 Å². The van der Waals surface area contributed by atoms with Crippen LogP contribution in [0, 0.1) is 11.3 Å². The lowest BCUT2D eigenvalue weighted by Crippen LogP contribution is -1.99. The highest BCUT2D eigenvalue weighted by atomic mass is 16.5. The van der Waals surface area contributed by atoms with Gasteiger partial charge in [-0.05, 0) is 17.3 Å². The fourth-order valence-electron chi connectivity index (χ4n) is 1.99. The molecule has 0 fully saturated rings. The molecule has 0 radical (unpaired) electrons. The molecule has 2 N–H and O–H groups in total. The van der Waals surface area contributed by atoms with Gasteiger partial charge in [0.05, 0.1) is 11.9 Å². The van der Waals surface area contributed by atoms with Crippen molar-refractivity contribution >= 4 is 11.3 Å². The molecule has 2 aromatic heterocycles. The van der Waals surface area contributed by atoms with Crippen LogP contribution < -0.4 is 10.1 Å². The normalized spacial score (nSPS) is 11.1. The lowest BCUT2D eigenvalue weighted by Gasteiger charge is -2.10. The number of allylic oxidation sites excluding steroid dienone is 1. The highest BCUT2D eigenvalue weighted by Gasteiger charge is 2.07. The molecule has 9 heteroatoms. The van der Waals surface area contributed by atoms with Gasteiger partial charge in [-0.25, -0.2) is 0 Å². The van der Waals surface area contributed by atoms with Crippen LogP contribution in [-0.2, 0) is 13.7 Å². The van der Waals surface area contributed by atoms with Crippen LogP contribution >= 0.6 is 0 Å². The van der Waals surface area contributed by atoms with Gasteiger partial charge in [0.15, 0.2) is 0 Å². The van der Waals surface area contributed by atoms with Crippen molar-refractivity contribution in [3.05, 3.63) is 54.2 Å². The molecule has 0 atom stereocenters. The third-order valence-corrected chi connectivity index (χ3v) is 3.12. The number of hydrogen-bond donors (Lipinski definition) is 2. The predicted octanol–water partition coefficient (Wildman–Crippen LogP) is 1.49. The van der Waals surface area contributed by atoms with Crippen molar-refractivity contribution in [2.24, 2.45) is 7.05 Å². The molecule has 0 aliphatic carbocycles. The number of anilines is 1. The fourth-order valence-corrected chi connectivity index (χ4v) is 1.99. The van der Waals surface area contributed by atoms with Crippen molar-refractivity contribution < 1.29 is 4.74 Å². The third-order valence-electron chi connectivity index (χ3n) is 3.12. The van der Waals surface area contributed by atoms with Crippen molar-refractivity contribution in [2.45, 2.75) is 6.61 Å². The number of benzene rings is 1. The molecule has 24 heavy (non-hydrogen) atoms. The first kappa shape index (κ1) is 15.2. The SMILES string of the molecule is Cn1cc(COc2ccccc2NC=C(C#N)c2nn[nH]n2)cn1. The van der Waals surface area contributed by atoms with Gasteiger partial charge in [-0.15, -0.1) is 10.2 Å². The Morgan fingerprint density at radius 3 is 3.04 bits per heavy atom. The smallest absolute Gasteiger partial charge is 0.216 e. The summed E-state index contributed by atoms with van der Waals surface area (Å²) in [5.74, 6) is 0.877. The largest absolute Gasteiger partial charge is 0.487 e. The molecule has 0 saturated carbocycles. The van der Waals surface area contributed by atoms with E-state index < -0.39 is 0 Å². The number of ether oxygens (including phenoxy) is 1. The number of H-pyrrole nitrogens is 1. The summed E-state index contributed by atoms with van der Waals surface area (Å²) in [4.78, 5) is 0. The number of aromatic amines is 1. The molecule has 120 valence electrons. The van der Waals surface area contributed by atoms with Crippen molar-refractivity contribution in [1.29, 1.82) is 5.26 Å². The van der Waals surface area contributed by atoms with Gasteiger partial charge < -0.3 is 10.1 Å². The van der Waals surface area contributed by atoms with E-state index >= 15 is 0 Å². The first-order valence-electron chi connectivity index (χ1n) is 7.06. The van der Waals surface area contributed by atoms with Gasteiger partial charge in [0.2, 0.25) is 5.82 Å². The molecule has 9 nitrogen and oxygen atoms in total. The number of nitrogens with zero attached hydrogens (tertiary/aromatic N) is 6. The second-order valence-corrected chi connectivity index (χ2v) is 4.86. The van der Waals surface area contributed by atoms with Gasteiger partial charge in [-0.3, -0.25) is 4.68 Å². The molecule has 0 bridgehead atoms. The third kappa shape index (κ3) is 3.56. The van der Waals surface area contributed by atoms with Crippen LogP contribution in [0.2, 0.25) is 0 Å². The van der Waals surface area contributed by atoms with Crippen molar-refractivity contribution in [3.8, 4) is 11.8 Å². The maximum absolute atomic E-state index is 9.18. The number of tetrazole rings is 1. The maximum Gasteiger partial charge on any atom is 0.216 e. The maximum atomic E-state index is 9.18. The molecule has 0 unspecified atom stereocenters. The number of para-hydroxylation sites is 2. The highest BCUT2D eigenvalue weighted by molar-refractivity contribution is 5.74. The molecule has 0 amide bonds. The predicted molar refractivity (Wildman–Crippen MR) is 85.4 cm³/mol. The molecule has 3 aromatic rings. The summed E-state index contributed by atoms with van der Waals surface area (Å²) in [7, 11) is 1.85. The first-order valence-corrected chi connectivity index (χ1v) is 7.06. The summed E-state index contributed by atoms with van der Waals surface area (Å²) in [5, 5.41) is 29.6. The molecule has 1 aromatic carbocycles. The standard InChI is InChI=1S/C15H14N8O/c1-23-9-11(7-18-23)10-24-14-5-3-2-4-13(14)17-8-12(6-16)15-19-21-22-20-15/h2-5,7-9,17H,10H2,1H3,(H,19,20,21,22). The zero-order valence-electron chi connectivity index (χ0n) is 12.8. The monoisotopic (exact) mass is 322 g/mol. The van der Waals surface area contributed by atoms with Crippen LogP contribution in [0.4, 0.5) is 5.69 Å². The van der Waals surface area contributed by atoms with Crippen LogP contribution in [0.5, 0.6) is 5.75 Å². The Bertz CT molecular complexity index is 875. The lowest BCUT2D eigenvalue weighted by molar-refractivity contribution is 0.308. The van der Waals surface area contributed by atoms with E-state index in [4.69, 9.17) is 4.74 Å². The molecule has 3 rings (SSSR count). The van der Waals surface area contributed by atoms with E-state index in [-0.39, 0.29) is 11.4 Å². The molecule has 0 saturated heterocycles. The average Bonchev–Trinajstić information content (AvgIpc) is 3.26. The number of hydrogen-bond acceptors (Lipinski definition) is 7. The zero-order chi connectivity index (χ0) is 16.8. The summed E-state index contributed by atoms with van der Waals surface area (Å²) in [5.41, 5.74) is 1.94. The van der Waals surface area contributed by atoms with Crippen LogP contribution in [0.25, 0.3) is 5.57 Å². The summed E-state index contributed by atoms with van der Waals surface area (Å²) >= 11 is 0. The average molecular weight is 322 g/mol. The number of nitrogens with one attached hydrogen (secondary N) is 2. The number of rotatable bonds is 6. The van der Waals surface area contributed by atoms with Crippen molar-refractivity contribution in [2.75, 3.05) is 5.32 Å². The lowest BCUT2D eigenvalue weighted by atomic mass is 10.2. The van der Waals surface area contributed by atoms with Gasteiger partial charge in [0, 0.05) is 25.0 Å². The van der Waals surface area contributed by atoms with Crippen molar-refractivity contribution in [1.82, 2.24) is 30.4 Å². The van der Waals surface area contributed by atoms with Crippen LogP contribution in [-0.4, -0.2) is 30.4 Å². The summed E-state index contributed by atoms with van der Waals surface area (Å²) in [6.45, 7) is 0.395. The number of aryl methyl sites for hydroxylation is 1. The zero-order valence-corrected chi connectivity index (χ0v) is 12.8. The Balaban J connectivity index is 1.73. The fraction of sp³-hybridized carbons (Fsp3) is 0.133. The van der Waals surface area contributed by atoms with Gasteiger partial charge in [0.1, 0.15) is 24.0 Å². The van der Waals surface area contributed by atoms with E-state index in [1.54, 1.807) is 10.9 Å². The molecular formula is C15H14N8O. The Labute approximate surface area is 137 Å². The highest BCUT2D eigenvalue weighted by Crippen LogP contribution is 2.25. The van der Waals surface area contributed by atoms with Crippen LogP contribution in [0.3, 0.4) is 0 Å². The van der Waals surface area contributed by atoms with E-state index in [9.17, 15) is 5.26 Å². The number of nitriles is 1. The number of aromatic nitrogens is 6. The van der Waals surface area contributed by atoms with Gasteiger partial charge >= 0.3 is 0 Å². The van der Waals surface area contributed by atoms with Gasteiger partial charge in [-0.1, -0.05) is 12.1 Å². The van der Waals surface area contributed by atoms with Crippen LogP contribution in [0.1, 0.15) is 11.4 Å². The summed E-state index contributed by atoms with van der Waals surface area (Å²) in [6, 6.07) is 9.45. The minimum absolute atomic E-state index is 0.221. The Morgan fingerprint density at radius 2 is 2.33 bits per heavy atom. The van der Waals surface area contributed by atoms with Crippen molar-refractivity contribution in [3.63, 3.8) is 0 Å². The van der Waals surface area contributed by atoms with Gasteiger partial charge in [-0.2, -0.15) is 15.6 Å². The van der Waals surface area contributed by atoms with E-state index in [0.29, 0.717) is 12.4 Å². The molecule has 0 spiro atoms. The molecule has 0 aliphatic heterocycles. The van der Waals surface area contributed by atoms with Gasteiger partial charge in [0.25, 0.3) is 0 Å².